The summed E-state index contributed by atoms with van der Waals surface area (Å²) in [7, 11) is 0. The molecule has 7 heteroatoms. The standard InChI is InChI=1S/C20H25N3O4/c1-15(2)27-17-7-4-3-6-16(17)21-19(24)14-22-9-11-23(12-10-22)20(25)18-8-5-13-26-18/h3-8,13,15H,9-12,14H2,1-2H3,(H,21,24). The molecule has 2 amide bonds. The second-order valence-electron chi connectivity index (χ2n) is 6.76. The number of rotatable bonds is 6. The second kappa shape index (κ2) is 8.73. The number of anilines is 1. The van der Waals surface area contributed by atoms with Crippen LogP contribution in [-0.4, -0.2) is 60.4 Å². The molecule has 0 aliphatic carbocycles. The highest BCUT2D eigenvalue weighted by Gasteiger charge is 2.24. The van der Waals surface area contributed by atoms with Crippen molar-refractivity contribution in [3.05, 3.63) is 48.4 Å². The molecule has 2 aromatic rings. The number of furan rings is 1. The van der Waals surface area contributed by atoms with Crippen LogP contribution in [0.3, 0.4) is 0 Å². The minimum atomic E-state index is -0.108. The number of amides is 2. The Bertz CT molecular complexity index is 765. The molecule has 1 aliphatic heterocycles. The van der Waals surface area contributed by atoms with Crippen molar-refractivity contribution in [3.8, 4) is 5.75 Å². The van der Waals surface area contributed by atoms with E-state index in [9.17, 15) is 9.59 Å². The maximum absolute atomic E-state index is 12.4. The maximum Gasteiger partial charge on any atom is 0.289 e. The van der Waals surface area contributed by atoms with Crippen LogP contribution in [0, 0.1) is 0 Å². The van der Waals surface area contributed by atoms with Crippen molar-refractivity contribution in [2.45, 2.75) is 20.0 Å². The van der Waals surface area contributed by atoms with E-state index in [1.54, 1.807) is 17.0 Å². The third-order valence-electron chi connectivity index (χ3n) is 4.28. The smallest absolute Gasteiger partial charge is 0.289 e. The average Bonchev–Trinajstić information content (AvgIpc) is 3.18. The molecule has 1 aromatic heterocycles. The minimum Gasteiger partial charge on any atom is -0.489 e. The van der Waals surface area contributed by atoms with Crippen LogP contribution in [0.1, 0.15) is 24.4 Å². The summed E-state index contributed by atoms with van der Waals surface area (Å²) in [6, 6.07) is 10.8. The lowest BCUT2D eigenvalue weighted by Crippen LogP contribution is -2.50. The molecule has 0 bridgehead atoms. The molecule has 0 radical (unpaired) electrons. The van der Waals surface area contributed by atoms with Gasteiger partial charge in [0.1, 0.15) is 5.75 Å². The molecular weight excluding hydrogens is 346 g/mol. The number of benzene rings is 1. The molecule has 0 spiro atoms. The Morgan fingerprint density at radius 2 is 1.85 bits per heavy atom. The fourth-order valence-electron chi connectivity index (χ4n) is 2.98. The fraction of sp³-hybridized carbons (Fsp3) is 0.400. The quantitative estimate of drug-likeness (QED) is 0.844. The molecule has 2 heterocycles. The molecule has 27 heavy (non-hydrogen) atoms. The van der Waals surface area contributed by atoms with E-state index in [0.717, 1.165) is 0 Å². The van der Waals surface area contributed by atoms with Crippen LogP contribution in [-0.2, 0) is 4.79 Å². The Morgan fingerprint density at radius 1 is 1.11 bits per heavy atom. The molecule has 0 unspecified atom stereocenters. The van der Waals surface area contributed by atoms with Crippen molar-refractivity contribution in [3.63, 3.8) is 0 Å². The first-order chi connectivity index (χ1) is 13.0. The first kappa shape index (κ1) is 19.0. The number of ether oxygens (including phenoxy) is 1. The zero-order chi connectivity index (χ0) is 19.2. The van der Waals surface area contributed by atoms with Gasteiger partial charge in [-0.2, -0.15) is 0 Å². The van der Waals surface area contributed by atoms with Gasteiger partial charge in [0.15, 0.2) is 5.76 Å². The Labute approximate surface area is 158 Å². The molecule has 1 aromatic carbocycles. The van der Waals surface area contributed by atoms with Crippen LogP contribution in [0.4, 0.5) is 5.69 Å². The van der Waals surface area contributed by atoms with E-state index >= 15 is 0 Å². The molecule has 1 aliphatic rings. The number of para-hydroxylation sites is 2. The fourth-order valence-corrected chi connectivity index (χ4v) is 2.98. The number of hydrogen-bond acceptors (Lipinski definition) is 5. The molecule has 1 saturated heterocycles. The van der Waals surface area contributed by atoms with Crippen LogP contribution >= 0.6 is 0 Å². The summed E-state index contributed by atoms with van der Waals surface area (Å²) in [6.45, 7) is 6.59. The molecule has 3 rings (SSSR count). The van der Waals surface area contributed by atoms with Crippen molar-refractivity contribution in [2.75, 3.05) is 38.0 Å². The van der Waals surface area contributed by atoms with Gasteiger partial charge in [0.05, 0.1) is 24.6 Å². The Kier molecular flexibility index (Phi) is 6.13. The zero-order valence-electron chi connectivity index (χ0n) is 15.7. The SMILES string of the molecule is CC(C)Oc1ccccc1NC(=O)CN1CCN(C(=O)c2ccco2)CC1. The van der Waals surface area contributed by atoms with Gasteiger partial charge < -0.3 is 19.4 Å². The van der Waals surface area contributed by atoms with Gasteiger partial charge in [0, 0.05) is 26.2 Å². The van der Waals surface area contributed by atoms with Gasteiger partial charge in [-0.3, -0.25) is 14.5 Å². The molecule has 7 nitrogen and oxygen atoms in total. The molecule has 144 valence electrons. The van der Waals surface area contributed by atoms with E-state index in [4.69, 9.17) is 9.15 Å². The van der Waals surface area contributed by atoms with Crippen molar-refractivity contribution < 1.29 is 18.7 Å². The van der Waals surface area contributed by atoms with Crippen LogP contribution < -0.4 is 10.1 Å². The molecule has 1 fully saturated rings. The van der Waals surface area contributed by atoms with Gasteiger partial charge in [0.2, 0.25) is 5.91 Å². The van der Waals surface area contributed by atoms with Crippen molar-refractivity contribution in [2.24, 2.45) is 0 Å². The normalized spacial score (nSPS) is 15.0. The minimum absolute atomic E-state index is 0.0304. The summed E-state index contributed by atoms with van der Waals surface area (Å²) in [5.74, 6) is 0.808. The Morgan fingerprint density at radius 3 is 2.52 bits per heavy atom. The third-order valence-corrected chi connectivity index (χ3v) is 4.28. The molecule has 0 atom stereocenters. The lowest BCUT2D eigenvalue weighted by molar-refractivity contribution is -0.117. The van der Waals surface area contributed by atoms with Crippen LogP contribution in [0.5, 0.6) is 5.75 Å². The van der Waals surface area contributed by atoms with Crippen LogP contribution in [0.15, 0.2) is 47.1 Å². The second-order valence-corrected chi connectivity index (χ2v) is 6.76. The predicted octanol–water partition coefficient (Wildman–Crippen LogP) is 2.46. The highest BCUT2D eigenvalue weighted by atomic mass is 16.5. The number of hydrogen-bond donors (Lipinski definition) is 1. The van der Waals surface area contributed by atoms with E-state index < -0.39 is 0 Å². The van der Waals surface area contributed by atoms with E-state index in [0.29, 0.717) is 43.4 Å². The lowest BCUT2D eigenvalue weighted by atomic mass is 10.2. The summed E-state index contributed by atoms with van der Waals surface area (Å²) in [4.78, 5) is 28.5. The summed E-state index contributed by atoms with van der Waals surface area (Å²) < 4.78 is 10.9. The van der Waals surface area contributed by atoms with E-state index in [2.05, 4.69) is 5.32 Å². The Balaban J connectivity index is 1.49. The summed E-state index contributed by atoms with van der Waals surface area (Å²) in [5, 5.41) is 2.92. The van der Waals surface area contributed by atoms with Gasteiger partial charge in [-0.15, -0.1) is 0 Å². The highest BCUT2D eigenvalue weighted by molar-refractivity contribution is 5.94. The summed E-state index contributed by atoms with van der Waals surface area (Å²) in [6.07, 6.45) is 1.53. The van der Waals surface area contributed by atoms with Crippen molar-refractivity contribution in [1.82, 2.24) is 9.80 Å². The number of carbonyl (C=O) groups is 2. The first-order valence-corrected chi connectivity index (χ1v) is 9.13. The van der Waals surface area contributed by atoms with Crippen molar-refractivity contribution in [1.29, 1.82) is 0 Å². The Hall–Kier alpha value is -2.80. The third kappa shape index (κ3) is 5.10. The largest absolute Gasteiger partial charge is 0.489 e. The number of nitrogens with zero attached hydrogens (tertiary/aromatic N) is 2. The van der Waals surface area contributed by atoms with E-state index in [-0.39, 0.29) is 24.5 Å². The molecule has 0 saturated carbocycles. The zero-order valence-corrected chi connectivity index (χ0v) is 15.7. The van der Waals surface area contributed by atoms with Gasteiger partial charge in [0.25, 0.3) is 5.91 Å². The first-order valence-electron chi connectivity index (χ1n) is 9.13. The van der Waals surface area contributed by atoms with Gasteiger partial charge in [-0.1, -0.05) is 12.1 Å². The monoisotopic (exact) mass is 371 g/mol. The van der Waals surface area contributed by atoms with Crippen LogP contribution in [0.2, 0.25) is 0 Å². The number of piperazine rings is 1. The van der Waals surface area contributed by atoms with E-state index in [1.807, 2.05) is 43.0 Å². The average molecular weight is 371 g/mol. The van der Waals surface area contributed by atoms with E-state index in [1.165, 1.54) is 6.26 Å². The summed E-state index contributed by atoms with van der Waals surface area (Å²) >= 11 is 0. The predicted molar refractivity (Wildman–Crippen MR) is 102 cm³/mol. The summed E-state index contributed by atoms with van der Waals surface area (Å²) in [5.41, 5.74) is 0.669. The van der Waals surface area contributed by atoms with Gasteiger partial charge in [-0.25, -0.2) is 0 Å². The van der Waals surface area contributed by atoms with Gasteiger partial charge in [-0.05, 0) is 38.1 Å². The van der Waals surface area contributed by atoms with Crippen LogP contribution in [0.25, 0.3) is 0 Å². The highest BCUT2D eigenvalue weighted by Crippen LogP contribution is 2.24. The number of carbonyl (C=O) groups excluding carboxylic acids is 2. The topological polar surface area (TPSA) is 75.0 Å². The molecule has 1 N–H and O–H groups in total. The maximum atomic E-state index is 12.4. The lowest BCUT2D eigenvalue weighted by Gasteiger charge is -2.33. The molecular formula is C20H25N3O4. The van der Waals surface area contributed by atoms with Crippen molar-refractivity contribution >= 4 is 17.5 Å². The van der Waals surface area contributed by atoms with Gasteiger partial charge >= 0.3 is 0 Å². The number of nitrogens with one attached hydrogen (secondary N) is 1.